The van der Waals surface area contributed by atoms with Crippen LogP contribution in [-0.4, -0.2) is 16.1 Å². The molecule has 0 spiro atoms. The Labute approximate surface area is 154 Å². The molecule has 2 aromatic carbocycles. The smallest absolute Gasteiger partial charge is 0.248 e. The van der Waals surface area contributed by atoms with E-state index >= 15 is 0 Å². The first-order valence-electron chi connectivity index (χ1n) is 8.15. The lowest BCUT2D eigenvalue weighted by Crippen LogP contribution is -2.13. The van der Waals surface area contributed by atoms with Gasteiger partial charge in [-0.2, -0.15) is 5.10 Å². The minimum Gasteiger partial charge on any atom is -0.382 e. The molecular weight excluding hydrogens is 344 g/mol. The van der Waals surface area contributed by atoms with Gasteiger partial charge in [0, 0.05) is 22.2 Å². The molecule has 2 heterocycles. The lowest BCUT2D eigenvalue weighted by Gasteiger charge is -2.05. The molecule has 129 valence electrons. The fourth-order valence-electron chi connectivity index (χ4n) is 2.98. The molecule has 0 unspecified atom stereocenters. The van der Waals surface area contributed by atoms with Gasteiger partial charge in [0.15, 0.2) is 5.82 Å². The number of carbonyl (C=O) groups excluding carboxylic acids is 1. The van der Waals surface area contributed by atoms with Gasteiger partial charge in [0.05, 0.1) is 5.52 Å². The molecule has 5 N–H and O–H groups in total. The molecule has 4 rings (SSSR count). The molecular formula is C20H17N4OS. The summed E-state index contributed by atoms with van der Waals surface area (Å²) in [5.41, 5.74) is 15.9. The van der Waals surface area contributed by atoms with Crippen molar-refractivity contribution in [2.75, 3.05) is 5.73 Å². The van der Waals surface area contributed by atoms with Crippen molar-refractivity contribution in [3.63, 3.8) is 0 Å². The van der Waals surface area contributed by atoms with Gasteiger partial charge in [0.2, 0.25) is 5.91 Å². The van der Waals surface area contributed by atoms with Crippen LogP contribution in [0.2, 0.25) is 0 Å². The summed E-state index contributed by atoms with van der Waals surface area (Å²) in [4.78, 5) is 12.7. The second-order valence-corrected chi connectivity index (χ2v) is 6.98. The zero-order valence-electron chi connectivity index (χ0n) is 13.9. The van der Waals surface area contributed by atoms with Gasteiger partial charge in [-0.1, -0.05) is 24.3 Å². The molecule has 0 saturated heterocycles. The largest absolute Gasteiger partial charge is 0.382 e. The summed E-state index contributed by atoms with van der Waals surface area (Å²) < 4.78 is 0. The van der Waals surface area contributed by atoms with Crippen LogP contribution in [0.15, 0.2) is 53.9 Å². The Morgan fingerprint density at radius 2 is 2.00 bits per heavy atom. The molecule has 0 atom stereocenters. The van der Waals surface area contributed by atoms with Gasteiger partial charge in [-0.05, 0) is 52.8 Å². The van der Waals surface area contributed by atoms with Crippen LogP contribution >= 0.6 is 11.3 Å². The Morgan fingerprint density at radius 1 is 1.15 bits per heavy atom. The molecule has 4 aromatic rings. The van der Waals surface area contributed by atoms with Crippen molar-refractivity contribution < 1.29 is 4.79 Å². The number of thiophene rings is 1. The number of aromatic nitrogens is 2. The molecule has 1 amide bonds. The molecule has 2 aromatic heterocycles. The van der Waals surface area contributed by atoms with E-state index < -0.39 is 5.91 Å². The highest BCUT2D eigenvalue weighted by Crippen LogP contribution is 2.30. The van der Waals surface area contributed by atoms with E-state index in [4.69, 9.17) is 11.5 Å². The van der Waals surface area contributed by atoms with Crippen LogP contribution in [0.1, 0.15) is 20.8 Å². The van der Waals surface area contributed by atoms with Crippen molar-refractivity contribution in [1.82, 2.24) is 10.2 Å². The van der Waals surface area contributed by atoms with E-state index in [1.807, 2.05) is 36.4 Å². The van der Waals surface area contributed by atoms with Crippen LogP contribution in [-0.2, 0) is 6.42 Å². The summed E-state index contributed by atoms with van der Waals surface area (Å²) in [5, 5.41) is 10.0. The highest BCUT2D eigenvalue weighted by Gasteiger charge is 2.10. The normalized spacial score (nSPS) is 11.1. The summed E-state index contributed by atoms with van der Waals surface area (Å²) in [6, 6.07) is 15.6. The molecule has 0 saturated carbocycles. The Kier molecular flexibility index (Phi) is 4.18. The van der Waals surface area contributed by atoms with Crippen molar-refractivity contribution in [2.45, 2.75) is 6.42 Å². The standard InChI is InChI=1S/C20H17N4OS/c21-19-17-8-6-13(10-18(17)23-24-19)14-9-15(26-11-14)7-5-12-3-1-2-4-16(12)20(22)25/h1-4,6-11H,5H2,(H2,22,25)(H3,21,23,24). The van der Waals surface area contributed by atoms with E-state index in [1.165, 1.54) is 0 Å². The lowest BCUT2D eigenvalue weighted by atomic mass is 10.0. The number of hydrogen-bond acceptors (Lipinski definition) is 4. The molecule has 6 heteroatoms. The number of rotatable bonds is 5. The van der Waals surface area contributed by atoms with Crippen molar-refractivity contribution in [3.05, 3.63) is 76.3 Å². The highest BCUT2D eigenvalue weighted by molar-refractivity contribution is 7.10. The average Bonchev–Trinajstić information content (AvgIpc) is 3.27. The monoisotopic (exact) mass is 361 g/mol. The zero-order valence-corrected chi connectivity index (χ0v) is 14.7. The minimum absolute atomic E-state index is 0.395. The van der Waals surface area contributed by atoms with Crippen molar-refractivity contribution in [2.24, 2.45) is 5.73 Å². The number of benzene rings is 2. The van der Waals surface area contributed by atoms with Crippen LogP contribution < -0.4 is 11.5 Å². The molecule has 0 aliphatic rings. The van der Waals surface area contributed by atoms with Gasteiger partial charge in [0.1, 0.15) is 0 Å². The molecule has 26 heavy (non-hydrogen) atoms. The van der Waals surface area contributed by atoms with Crippen molar-refractivity contribution in [3.8, 4) is 11.1 Å². The molecule has 0 aliphatic heterocycles. The quantitative estimate of drug-likeness (QED) is 0.505. The summed E-state index contributed by atoms with van der Waals surface area (Å²) in [5.74, 6) is 0.118. The minimum atomic E-state index is -0.395. The number of hydrogen-bond donors (Lipinski definition) is 3. The van der Waals surface area contributed by atoms with Crippen LogP contribution in [0.3, 0.4) is 0 Å². The van der Waals surface area contributed by atoms with Crippen molar-refractivity contribution in [1.29, 1.82) is 0 Å². The van der Waals surface area contributed by atoms with Gasteiger partial charge in [-0.3, -0.25) is 9.89 Å². The van der Waals surface area contributed by atoms with Crippen LogP contribution in [0, 0.1) is 6.42 Å². The third-order valence-electron chi connectivity index (χ3n) is 4.35. The number of primary amides is 1. The number of nitrogens with one attached hydrogen (secondary N) is 1. The van der Waals surface area contributed by atoms with Gasteiger partial charge in [-0.15, -0.1) is 11.3 Å². The molecule has 1 radical (unpaired) electrons. The number of nitrogen functional groups attached to an aromatic ring is 1. The lowest BCUT2D eigenvalue weighted by molar-refractivity contribution is 0.0999. The Hall–Kier alpha value is -3.12. The van der Waals surface area contributed by atoms with Gasteiger partial charge >= 0.3 is 0 Å². The van der Waals surface area contributed by atoms with Crippen LogP contribution in [0.4, 0.5) is 5.82 Å². The van der Waals surface area contributed by atoms with Crippen LogP contribution in [0.5, 0.6) is 0 Å². The maximum Gasteiger partial charge on any atom is 0.248 e. The zero-order chi connectivity index (χ0) is 18.1. The second-order valence-electron chi connectivity index (χ2n) is 6.04. The maximum atomic E-state index is 11.5. The van der Waals surface area contributed by atoms with E-state index in [9.17, 15) is 4.79 Å². The number of amides is 1. The second kappa shape index (κ2) is 6.65. The van der Waals surface area contributed by atoms with E-state index in [1.54, 1.807) is 17.4 Å². The molecule has 0 aliphatic carbocycles. The first-order chi connectivity index (χ1) is 12.6. The molecule has 5 nitrogen and oxygen atoms in total. The SMILES string of the molecule is NC(=O)c1ccccc1C[CH]c1cc(-c2ccc3c(N)n[nH]c3c2)cs1. The van der Waals surface area contributed by atoms with Gasteiger partial charge < -0.3 is 11.5 Å². The maximum absolute atomic E-state index is 11.5. The number of carbonyl (C=O) groups is 1. The number of aromatic amines is 1. The fourth-order valence-corrected chi connectivity index (χ4v) is 3.82. The number of H-pyrrole nitrogens is 1. The predicted molar refractivity (Wildman–Crippen MR) is 106 cm³/mol. The fraction of sp³-hybridized carbons (Fsp3) is 0.0500. The predicted octanol–water partition coefficient (Wildman–Crippen LogP) is 3.77. The third kappa shape index (κ3) is 3.07. The highest BCUT2D eigenvalue weighted by atomic mass is 32.1. The third-order valence-corrected chi connectivity index (χ3v) is 5.28. The summed E-state index contributed by atoms with van der Waals surface area (Å²) in [6.07, 6.45) is 2.78. The number of nitrogens with two attached hydrogens (primary N) is 2. The van der Waals surface area contributed by atoms with E-state index in [0.29, 0.717) is 17.8 Å². The van der Waals surface area contributed by atoms with E-state index in [0.717, 1.165) is 32.5 Å². The average molecular weight is 361 g/mol. The van der Waals surface area contributed by atoms with Gasteiger partial charge in [-0.25, -0.2) is 0 Å². The summed E-state index contributed by atoms with van der Waals surface area (Å²) >= 11 is 1.67. The van der Waals surface area contributed by atoms with E-state index in [2.05, 4.69) is 28.1 Å². The molecule has 0 fully saturated rings. The Bertz CT molecular complexity index is 1100. The summed E-state index contributed by atoms with van der Waals surface area (Å²) in [7, 11) is 0. The number of fused-ring (bicyclic) bond motifs is 1. The topological polar surface area (TPSA) is 97.8 Å². The van der Waals surface area contributed by atoms with Crippen LogP contribution in [0.25, 0.3) is 22.0 Å². The van der Waals surface area contributed by atoms with E-state index in [-0.39, 0.29) is 0 Å². The Balaban J connectivity index is 1.53. The first kappa shape index (κ1) is 16.4. The Morgan fingerprint density at radius 3 is 2.85 bits per heavy atom. The first-order valence-corrected chi connectivity index (χ1v) is 9.03. The molecule has 0 bridgehead atoms. The van der Waals surface area contributed by atoms with Crippen molar-refractivity contribution >= 4 is 34.0 Å². The number of anilines is 1. The van der Waals surface area contributed by atoms with Gasteiger partial charge in [0.25, 0.3) is 0 Å². The number of nitrogens with zero attached hydrogens (tertiary/aromatic N) is 1. The summed E-state index contributed by atoms with van der Waals surface area (Å²) in [6.45, 7) is 0.